The van der Waals surface area contributed by atoms with Gasteiger partial charge in [0.15, 0.2) is 0 Å². The number of benzene rings is 1. The molecule has 1 unspecified atom stereocenters. The maximum atomic E-state index is 11.9. The maximum Gasteiger partial charge on any atom is 0.219 e. The van der Waals surface area contributed by atoms with Gasteiger partial charge in [0.2, 0.25) is 5.91 Å². The zero-order valence-corrected chi connectivity index (χ0v) is 18.1. The lowest BCUT2D eigenvalue weighted by Gasteiger charge is -2.31. The number of aryl methyl sites for hydroxylation is 1. The summed E-state index contributed by atoms with van der Waals surface area (Å²) in [6.45, 7) is 5.10. The van der Waals surface area contributed by atoms with Crippen molar-refractivity contribution < 1.29 is 9.53 Å². The van der Waals surface area contributed by atoms with Crippen molar-refractivity contribution in [3.8, 4) is 17.0 Å². The van der Waals surface area contributed by atoms with Gasteiger partial charge in [0.05, 0.1) is 19.0 Å². The minimum absolute atomic E-state index is 0.0919. The van der Waals surface area contributed by atoms with Gasteiger partial charge in [0.1, 0.15) is 17.4 Å². The molecule has 0 saturated carbocycles. The molecule has 0 radical (unpaired) electrons. The first-order chi connectivity index (χ1) is 15.0. The second-order valence-corrected chi connectivity index (χ2v) is 7.91. The second kappa shape index (κ2) is 9.12. The van der Waals surface area contributed by atoms with E-state index in [9.17, 15) is 4.79 Å². The number of likely N-dealkylation sites (tertiary alicyclic amines) is 1. The smallest absolute Gasteiger partial charge is 0.219 e. The number of nitrogens with one attached hydrogen (secondary N) is 1. The van der Waals surface area contributed by atoms with Gasteiger partial charge in [-0.2, -0.15) is 0 Å². The van der Waals surface area contributed by atoms with Crippen LogP contribution in [0.25, 0.3) is 11.3 Å². The summed E-state index contributed by atoms with van der Waals surface area (Å²) in [4.78, 5) is 27.8. The van der Waals surface area contributed by atoms with Gasteiger partial charge in [-0.3, -0.25) is 9.78 Å². The van der Waals surface area contributed by atoms with Crippen molar-refractivity contribution in [2.45, 2.75) is 32.6 Å². The van der Waals surface area contributed by atoms with Crippen molar-refractivity contribution in [3.63, 3.8) is 0 Å². The lowest BCUT2D eigenvalue weighted by molar-refractivity contribution is -0.130. The van der Waals surface area contributed by atoms with E-state index in [1.807, 2.05) is 29.2 Å². The molecule has 7 heteroatoms. The predicted octanol–water partition coefficient (Wildman–Crippen LogP) is 4.33. The third-order valence-electron chi connectivity index (χ3n) is 5.51. The third-order valence-corrected chi connectivity index (χ3v) is 5.51. The summed E-state index contributed by atoms with van der Waals surface area (Å²) in [6, 6.07) is 12.0. The van der Waals surface area contributed by atoms with E-state index in [4.69, 9.17) is 14.7 Å². The molecule has 1 saturated heterocycles. The maximum absolute atomic E-state index is 11.9. The van der Waals surface area contributed by atoms with E-state index in [0.717, 1.165) is 42.2 Å². The molecule has 0 bridgehead atoms. The molecule has 160 valence electrons. The number of nitrogens with zero attached hydrogens (tertiary/aromatic N) is 4. The van der Waals surface area contributed by atoms with Crippen LogP contribution in [0.15, 0.2) is 48.8 Å². The van der Waals surface area contributed by atoms with Crippen LogP contribution in [0, 0.1) is 6.92 Å². The van der Waals surface area contributed by atoms with Gasteiger partial charge in [-0.05, 0) is 43.5 Å². The predicted molar refractivity (Wildman–Crippen MR) is 121 cm³/mol. The van der Waals surface area contributed by atoms with E-state index in [1.54, 1.807) is 26.4 Å². The topological polar surface area (TPSA) is 80.2 Å². The van der Waals surface area contributed by atoms with Gasteiger partial charge in [0, 0.05) is 49.4 Å². The van der Waals surface area contributed by atoms with Crippen molar-refractivity contribution in [1.82, 2.24) is 19.9 Å². The van der Waals surface area contributed by atoms with Crippen LogP contribution in [-0.2, 0) is 4.79 Å². The fourth-order valence-electron chi connectivity index (χ4n) is 3.88. The Bertz CT molecular complexity index is 1090. The van der Waals surface area contributed by atoms with Crippen LogP contribution in [0.3, 0.4) is 0 Å². The number of anilines is 2. The van der Waals surface area contributed by atoms with Crippen LogP contribution < -0.4 is 10.1 Å². The van der Waals surface area contributed by atoms with Crippen LogP contribution in [0.4, 0.5) is 11.5 Å². The van der Waals surface area contributed by atoms with Crippen molar-refractivity contribution >= 4 is 17.4 Å². The van der Waals surface area contributed by atoms with E-state index < -0.39 is 0 Å². The number of hydrogen-bond donors (Lipinski definition) is 1. The summed E-state index contributed by atoms with van der Waals surface area (Å²) in [7, 11) is 1.62. The van der Waals surface area contributed by atoms with Gasteiger partial charge < -0.3 is 15.0 Å². The highest BCUT2D eigenvalue weighted by Crippen LogP contribution is 2.30. The molecule has 1 fully saturated rings. The molecule has 2 aromatic heterocycles. The monoisotopic (exact) mass is 417 g/mol. The lowest BCUT2D eigenvalue weighted by Crippen LogP contribution is -2.38. The van der Waals surface area contributed by atoms with E-state index in [-0.39, 0.29) is 11.8 Å². The molecule has 7 nitrogen and oxygen atoms in total. The van der Waals surface area contributed by atoms with Crippen molar-refractivity contribution in [1.29, 1.82) is 0 Å². The average Bonchev–Trinajstić information content (AvgIpc) is 2.79. The number of carbonyl (C=O) groups is 1. The Morgan fingerprint density at radius 1 is 1.19 bits per heavy atom. The number of ether oxygens (including phenoxy) is 1. The van der Waals surface area contributed by atoms with Crippen LogP contribution in [0.5, 0.6) is 5.75 Å². The molecule has 0 spiro atoms. The van der Waals surface area contributed by atoms with Gasteiger partial charge in [-0.25, -0.2) is 9.97 Å². The van der Waals surface area contributed by atoms with Crippen LogP contribution in [-0.4, -0.2) is 46.0 Å². The molecule has 1 aromatic carbocycles. The highest BCUT2D eigenvalue weighted by atomic mass is 16.5. The van der Waals surface area contributed by atoms with Crippen molar-refractivity contribution in [2.75, 3.05) is 25.5 Å². The summed E-state index contributed by atoms with van der Waals surface area (Å²) in [6.07, 6.45) is 5.34. The Kier molecular flexibility index (Phi) is 6.11. The summed E-state index contributed by atoms with van der Waals surface area (Å²) < 4.78 is 5.34. The second-order valence-electron chi connectivity index (χ2n) is 7.91. The first-order valence-electron chi connectivity index (χ1n) is 10.5. The van der Waals surface area contributed by atoms with E-state index in [2.05, 4.69) is 29.4 Å². The molecule has 3 aromatic rings. The quantitative estimate of drug-likeness (QED) is 0.666. The van der Waals surface area contributed by atoms with Gasteiger partial charge in [0.25, 0.3) is 0 Å². The molecule has 1 amide bonds. The summed E-state index contributed by atoms with van der Waals surface area (Å²) in [5.41, 5.74) is 3.76. The molecule has 1 aliphatic rings. The molecular formula is C24H27N5O2. The number of amides is 1. The molecule has 3 heterocycles. The molecule has 1 N–H and O–H groups in total. The van der Waals surface area contributed by atoms with E-state index in [0.29, 0.717) is 18.1 Å². The molecule has 0 aliphatic carbocycles. The van der Waals surface area contributed by atoms with Crippen LogP contribution >= 0.6 is 0 Å². The van der Waals surface area contributed by atoms with Crippen LogP contribution in [0.1, 0.15) is 37.1 Å². The molecule has 4 rings (SSSR count). The largest absolute Gasteiger partial charge is 0.495 e. The summed E-state index contributed by atoms with van der Waals surface area (Å²) in [5, 5.41) is 3.41. The fourth-order valence-corrected chi connectivity index (χ4v) is 3.88. The van der Waals surface area contributed by atoms with E-state index in [1.165, 1.54) is 5.56 Å². The Morgan fingerprint density at radius 3 is 2.84 bits per heavy atom. The molecule has 1 aliphatic heterocycles. The van der Waals surface area contributed by atoms with Crippen molar-refractivity contribution in [2.24, 2.45) is 0 Å². The highest BCUT2D eigenvalue weighted by molar-refractivity contribution is 5.73. The lowest BCUT2D eigenvalue weighted by atomic mass is 9.97. The van der Waals surface area contributed by atoms with Crippen LogP contribution in [0.2, 0.25) is 0 Å². The van der Waals surface area contributed by atoms with E-state index >= 15 is 0 Å². The number of pyridine rings is 1. The molecule has 1 atom stereocenters. The summed E-state index contributed by atoms with van der Waals surface area (Å²) >= 11 is 0. The number of rotatable bonds is 5. The Hall–Kier alpha value is -3.48. The molecule has 31 heavy (non-hydrogen) atoms. The summed E-state index contributed by atoms with van der Waals surface area (Å²) in [5.74, 6) is 2.31. The Balaban J connectivity index is 1.73. The number of hydrogen-bond acceptors (Lipinski definition) is 6. The standard InChI is InChI=1S/C24H27N5O2/c1-16-6-4-8-20(10-16)26-23-12-22(19-11-21(31-3)14-25-13-19)27-24(28-23)18-7-5-9-29(15-18)17(2)30/h4,6,8,10-14,18H,5,7,9,15H2,1-3H3,(H,26,27,28). The Labute approximate surface area is 182 Å². The zero-order valence-electron chi connectivity index (χ0n) is 18.1. The minimum Gasteiger partial charge on any atom is -0.495 e. The Morgan fingerprint density at radius 2 is 2.06 bits per heavy atom. The van der Waals surface area contributed by atoms with Crippen molar-refractivity contribution in [3.05, 3.63) is 60.2 Å². The highest BCUT2D eigenvalue weighted by Gasteiger charge is 2.26. The minimum atomic E-state index is 0.0919. The number of methoxy groups -OCH3 is 1. The average molecular weight is 418 g/mol. The first kappa shape index (κ1) is 20.8. The molecular weight excluding hydrogens is 390 g/mol. The zero-order chi connectivity index (χ0) is 21.8. The van der Waals surface area contributed by atoms with Gasteiger partial charge >= 0.3 is 0 Å². The number of aromatic nitrogens is 3. The van der Waals surface area contributed by atoms with Gasteiger partial charge in [-0.1, -0.05) is 12.1 Å². The van der Waals surface area contributed by atoms with Gasteiger partial charge in [-0.15, -0.1) is 0 Å². The fraction of sp³-hybridized carbons (Fsp3) is 0.333. The third kappa shape index (κ3) is 4.99. The first-order valence-corrected chi connectivity index (χ1v) is 10.5. The normalized spacial score (nSPS) is 16.1. The number of piperidine rings is 1. The number of carbonyl (C=O) groups excluding carboxylic acids is 1. The SMILES string of the molecule is COc1cncc(-c2cc(Nc3cccc(C)c3)nc(C3CCCN(C(C)=O)C3)n2)c1.